The number of benzene rings is 1. The zero-order valence-electron chi connectivity index (χ0n) is 14.1. The Morgan fingerprint density at radius 3 is 2.50 bits per heavy atom. The number of carbonyl (C=O) groups is 1. The lowest BCUT2D eigenvalue weighted by Crippen LogP contribution is -2.32. The number of aliphatic hydroxyl groups excluding tert-OH is 1. The van der Waals surface area contributed by atoms with Crippen molar-refractivity contribution < 1.29 is 9.90 Å². The van der Waals surface area contributed by atoms with Gasteiger partial charge in [0.1, 0.15) is 0 Å². The summed E-state index contributed by atoms with van der Waals surface area (Å²) in [6, 6.07) is 8.05. The lowest BCUT2D eigenvalue weighted by atomic mass is 9.87. The molecule has 2 rings (SSSR count). The van der Waals surface area contributed by atoms with Crippen LogP contribution in [-0.2, 0) is 10.2 Å². The van der Waals surface area contributed by atoms with Gasteiger partial charge in [-0.15, -0.1) is 0 Å². The van der Waals surface area contributed by atoms with E-state index < -0.39 is 0 Å². The molecule has 22 heavy (non-hydrogen) atoms. The monoisotopic (exact) mass is 304 g/mol. The average Bonchev–Trinajstić information content (AvgIpc) is 2.86. The summed E-state index contributed by atoms with van der Waals surface area (Å²) in [6.07, 6.45) is 0.670. The van der Waals surface area contributed by atoms with Crippen LogP contribution in [0.4, 0.5) is 5.69 Å². The van der Waals surface area contributed by atoms with Gasteiger partial charge in [0.15, 0.2) is 0 Å². The first-order valence-electron chi connectivity index (χ1n) is 8.06. The van der Waals surface area contributed by atoms with E-state index >= 15 is 0 Å². The zero-order valence-corrected chi connectivity index (χ0v) is 14.1. The Balaban J connectivity index is 1.85. The molecule has 1 aromatic rings. The van der Waals surface area contributed by atoms with Crippen LogP contribution in [0.15, 0.2) is 24.3 Å². The molecule has 2 atom stereocenters. The average molecular weight is 304 g/mol. The van der Waals surface area contributed by atoms with Gasteiger partial charge in [0.2, 0.25) is 5.91 Å². The minimum atomic E-state index is -0.294. The summed E-state index contributed by atoms with van der Waals surface area (Å²) < 4.78 is 0. The van der Waals surface area contributed by atoms with Crippen LogP contribution in [0, 0.1) is 5.92 Å². The highest BCUT2D eigenvalue weighted by atomic mass is 16.3. The summed E-state index contributed by atoms with van der Waals surface area (Å²) in [4.78, 5) is 14.2. The Labute approximate surface area is 133 Å². The van der Waals surface area contributed by atoms with Crippen LogP contribution >= 0.6 is 0 Å². The predicted octanol–water partition coefficient (Wildman–Crippen LogP) is 2.63. The number of hydrogen-bond acceptors (Lipinski definition) is 3. The molecule has 0 aromatic heterocycles. The van der Waals surface area contributed by atoms with Gasteiger partial charge in [-0.05, 0) is 48.9 Å². The number of likely N-dealkylation sites (tertiary alicyclic amines) is 1. The molecule has 122 valence electrons. The molecule has 1 heterocycles. The maximum absolute atomic E-state index is 12.1. The summed E-state index contributed by atoms with van der Waals surface area (Å²) in [5.41, 5.74) is 2.21. The second-order valence-electron chi connectivity index (χ2n) is 7.40. The summed E-state index contributed by atoms with van der Waals surface area (Å²) in [5.74, 6) is 0.300. The van der Waals surface area contributed by atoms with Gasteiger partial charge in [-0.2, -0.15) is 0 Å². The van der Waals surface area contributed by atoms with Crippen molar-refractivity contribution in [3.05, 3.63) is 29.8 Å². The Bertz CT molecular complexity index is 503. The van der Waals surface area contributed by atoms with E-state index in [1.807, 2.05) is 19.1 Å². The molecule has 1 fully saturated rings. The molecule has 1 aromatic carbocycles. The number of carbonyl (C=O) groups excluding carboxylic acids is 1. The molecule has 2 N–H and O–H groups in total. The number of aliphatic hydroxyl groups is 1. The SMILES string of the molecule is CC(O)C1CCN(CC(=O)Nc2ccc(C(C)(C)C)cc2)C1. The standard InChI is InChI=1S/C18H28N2O2/c1-13(21)14-9-10-20(11-14)12-17(22)19-16-7-5-15(6-8-16)18(2,3)4/h5-8,13-14,21H,9-12H2,1-4H3,(H,19,22). The molecule has 2 unspecified atom stereocenters. The summed E-state index contributed by atoms with van der Waals surface area (Å²) in [7, 11) is 0. The Morgan fingerprint density at radius 2 is 2.00 bits per heavy atom. The van der Waals surface area contributed by atoms with Crippen molar-refractivity contribution in [1.29, 1.82) is 0 Å². The third kappa shape index (κ3) is 4.55. The van der Waals surface area contributed by atoms with Gasteiger partial charge in [-0.1, -0.05) is 32.9 Å². The number of amides is 1. The quantitative estimate of drug-likeness (QED) is 0.899. The van der Waals surface area contributed by atoms with Gasteiger partial charge < -0.3 is 10.4 Å². The lowest BCUT2D eigenvalue weighted by Gasteiger charge is -2.20. The van der Waals surface area contributed by atoms with Crippen molar-refractivity contribution in [2.75, 3.05) is 25.0 Å². The van der Waals surface area contributed by atoms with Crippen molar-refractivity contribution in [3.63, 3.8) is 0 Å². The van der Waals surface area contributed by atoms with Crippen LogP contribution in [0.2, 0.25) is 0 Å². The first-order valence-corrected chi connectivity index (χ1v) is 8.06. The van der Waals surface area contributed by atoms with Gasteiger partial charge in [0, 0.05) is 12.2 Å². The molecule has 1 amide bonds. The molecular weight excluding hydrogens is 276 g/mol. The van der Waals surface area contributed by atoms with Crippen molar-refractivity contribution in [2.24, 2.45) is 5.92 Å². The molecule has 1 aliphatic rings. The molecular formula is C18H28N2O2. The van der Waals surface area contributed by atoms with Crippen LogP contribution in [0.25, 0.3) is 0 Å². The van der Waals surface area contributed by atoms with E-state index in [1.54, 1.807) is 0 Å². The van der Waals surface area contributed by atoms with E-state index in [2.05, 4.69) is 43.1 Å². The smallest absolute Gasteiger partial charge is 0.238 e. The van der Waals surface area contributed by atoms with Crippen LogP contribution in [0.1, 0.15) is 39.7 Å². The van der Waals surface area contributed by atoms with Gasteiger partial charge in [0.05, 0.1) is 12.6 Å². The molecule has 0 saturated carbocycles. The minimum Gasteiger partial charge on any atom is -0.393 e. The lowest BCUT2D eigenvalue weighted by molar-refractivity contribution is -0.117. The van der Waals surface area contributed by atoms with Crippen molar-refractivity contribution in [2.45, 2.75) is 45.6 Å². The largest absolute Gasteiger partial charge is 0.393 e. The first kappa shape index (κ1) is 17.0. The van der Waals surface area contributed by atoms with Gasteiger partial charge in [-0.3, -0.25) is 9.69 Å². The fourth-order valence-electron chi connectivity index (χ4n) is 2.86. The van der Waals surface area contributed by atoms with Gasteiger partial charge in [-0.25, -0.2) is 0 Å². The Kier molecular flexibility index (Phi) is 5.24. The van der Waals surface area contributed by atoms with Crippen LogP contribution in [0.5, 0.6) is 0 Å². The van der Waals surface area contributed by atoms with E-state index in [1.165, 1.54) is 5.56 Å². The van der Waals surface area contributed by atoms with Crippen molar-refractivity contribution in [3.8, 4) is 0 Å². The molecule has 0 spiro atoms. The number of hydrogen-bond donors (Lipinski definition) is 2. The highest BCUT2D eigenvalue weighted by Crippen LogP contribution is 2.23. The molecule has 4 nitrogen and oxygen atoms in total. The van der Waals surface area contributed by atoms with E-state index in [0.717, 1.165) is 25.2 Å². The molecule has 0 aliphatic carbocycles. The number of nitrogens with one attached hydrogen (secondary N) is 1. The third-order valence-corrected chi connectivity index (χ3v) is 4.39. The van der Waals surface area contributed by atoms with Gasteiger partial charge >= 0.3 is 0 Å². The fraction of sp³-hybridized carbons (Fsp3) is 0.611. The number of rotatable bonds is 4. The molecule has 1 aliphatic heterocycles. The first-order chi connectivity index (χ1) is 10.3. The zero-order chi connectivity index (χ0) is 16.3. The van der Waals surface area contributed by atoms with Crippen LogP contribution in [0.3, 0.4) is 0 Å². The Morgan fingerprint density at radius 1 is 1.36 bits per heavy atom. The summed E-state index contributed by atoms with van der Waals surface area (Å²) in [5, 5.41) is 12.6. The normalized spacial score (nSPS) is 20.9. The molecule has 1 saturated heterocycles. The van der Waals surface area contributed by atoms with Crippen molar-refractivity contribution >= 4 is 11.6 Å². The van der Waals surface area contributed by atoms with Crippen LogP contribution < -0.4 is 5.32 Å². The minimum absolute atomic E-state index is 0.00903. The highest BCUT2D eigenvalue weighted by molar-refractivity contribution is 5.92. The maximum atomic E-state index is 12.1. The van der Waals surface area contributed by atoms with E-state index in [9.17, 15) is 9.90 Å². The predicted molar refractivity (Wildman–Crippen MR) is 90.0 cm³/mol. The maximum Gasteiger partial charge on any atom is 0.238 e. The van der Waals surface area contributed by atoms with E-state index in [0.29, 0.717) is 12.5 Å². The summed E-state index contributed by atoms with van der Waals surface area (Å²) >= 11 is 0. The summed E-state index contributed by atoms with van der Waals surface area (Å²) in [6.45, 7) is 10.4. The van der Waals surface area contributed by atoms with Gasteiger partial charge in [0.25, 0.3) is 0 Å². The van der Waals surface area contributed by atoms with Crippen molar-refractivity contribution in [1.82, 2.24) is 4.90 Å². The molecule has 0 bridgehead atoms. The number of anilines is 1. The topological polar surface area (TPSA) is 52.6 Å². The fourth-order valence-corrected chi connectivity index (χ4v) is 2.86. The van der Waals surface area contributed by atoms with E-state index in [4.69, 9.17) is 0 Å². The number of nitrogens with zero attached hydrogens (tertiary/aromatic N) is 1. The second kappa shape index (κ2) is 6.80. The molecule has 4 heteroatoms. The second-order valence-corrected chi connectivity index (χ2v) is 7.40. The molecule has 0 radical (unpaired) electrons. The third-order valence-electron chi connectivity index (χ3n) is 4.39. The van der Waals surface area contributed by atoms with E-state index in [-0.39, 0.29) is 17.4 Å². The highest BCUT2D eigenvalue weighted by Gasteiger charge is 2.27. The van der Waals surface area contributed by atoms with Crippen LogP contribution in [-0.4, -0.2) is 41.7 Å². The Hall–Kier alpha value is -1.39.